The van der Waals surface area contributed by atoms with Crippen LogP contribution in [0.2, 0.25) is 0 Å². The van der Waals surface area contributed by atoms with Crippen molar-refractivity contribution in [3.8, 4) is 0 Å². The second-order valence-corrected chi connectivity index (χ2v) is 7.16. The maximum atomic E-state index is 10.9. The van der Waals surface area contributed by atoms with Crippen molar-refractivity contribution in [2.24, 2.45) is 0 Å². The zero-order valence-corrected chi connectivity index (χ0v) is 16.3. The van der Waals surface area contributed by atoms with Crippen LogP contribution in [-0.2, 0) is 11.2 Å². The number of carbonyl (C=O) groups is 1. The van der Waals surface area contributed by atoms with E-state index in [0.29, 0.717) is 24.1 Å². The van der Waals surface area contributed by atoms with Gasteiger partial charge in [0.15, 0.2) is 17.7 Å². The van der Waals surface area contributed by atoms with E-state index in [1.165, 1.54) is 23.0 Å². The molecule has 164 valence electrons. The van der Waals surface area contributed by atoms with Crippen molar-refractivity contribution in [1.82, 2.24) is 19.5 Å². The van der Waals surface area contributed by atoms with Gasteiger partial charge >= 0.3 is 5.97 Å². The number of ether oxygens (including phenoxy) is 1. The van der Waals surface area contributed by atoms with Gasteiger partial charge in [-0.25, -0.2) is 9.78 Å². The Labute approximate surface area is 176 Å². The second kappa shape index (κ2) is 8.43. The minimum Gasteiger partial charge on any atom is -0.478 e. The molecular weight excluding hydrogens is 408 g/mol. The lowest BCUT2D eigenvalue weighted by Crippen LogP contribution is -2.33. The van der Waals surface area contributed by atoms with E-state index >= 15 is 0 Å². The molecule has 2 aromatic heterocycles. The highest BCUT2D eigenvalue weighted by Crippen LogP contribution is 2.32. The lowest BCUT2D eigenvalue weighted by atomic mass is 10.1. The number of benzene rings is 1. The van der Waals surface area contributed by atoms with E-state index in [-0.39, 0.29) is 17.3 Å². The van der Waals surface area contributed by atoms with E-state index in [9.17, 15) is 20.1 Å². The minimum atomic E-state index is -1.28. The molecule has 0 unspecified atom stereocenters. The van der Waals surface area contributed by atoms with E-state index in [4.69, 9.17) is 15.6 Å². The Balaban J connectivity index is 1.50. The van der Waals surface area contributed by atoms with Crippen LogP contribution in [0.15, 0.2) is 30.6 Å². The monoisotopic (exact) mass is 430 g/mol. The average Bonchev–Trinajstić information content (AvgIpc) is 3.30. The van der Waals surface area contributed by atoms with E-state index in [2.05, 4.69) is 20.3 Å². The molecular formula is C19H22N6O6. The first kappa shape index (κ1) is 20.9. The Morgan fingerprint density at radius 2 is 1.94 bits per heavy atom. The normalized spacial score (nSPS) is 23.3. The number of fused-ring (bicyclic) bond motifs is 1. The number of aliphatic hydroxyl groups is 3. The molecule has 0 amide bonds. The van der Waals surface area contributed by atoms with Crippen molar-refractivity contribution in [3.63, 3.8) is 0 Å². The van der Waals surface area contributed by atoms with Crippen LogP contribution in [0.5, 0.6) is 0 Å². The van der Waals surface area contributed by atoms with E-state index in [1.54, 1.807) is 12.1 Å². The van der Waals surface area contributed by atoms with Gasteiger partial charge in [0.2, 0.25) is 5.95 Å². The van der Waals surface area contributed by atoms with Gasteiger partial charge in [0.05, 0.1) is 18.5 Å². The summed E-state index contributed by atoms with van der Waals surface area (Å²) >= 11 is 0. The fourth-order valence-electron chi connectivity index (χ4n) is 3.45. The molecule has 1 aliphatic rings. The predicted molar refractivity (Wildman–Crippen MR) is 108 cm³/mol. The van der Waals surface area contributed by atoms with Gasteiger partial charge in [-0.05, 0) is 24.1 Å². The molecule has 7 N–H and O–H groups in total. The number of hydrogen-bond donors (Lipinski definition) is 6. The van der Waals surface area contributed by atoms with Crippen LogP contribution in [0.4, 0.5) is 11.8 Å². The third-order valence-electron chi connectivity index (χ3n) is 5.14. The largest absolute Gasteiger partial charge is 0.478 e. The molecule has 0 saturated carbocycles. The number of hydrogen-bond acceptors (Lipinski definition) is 10. The molecule has 0 aliphatic carbocycles. The minimum absolute atomic E-state index is 0.129. The number of nitrogens with one attached hydrogen (secondary N) is 1. The highest BCUT2D eigenvalue weighted by Gasteiger charge is 2.44. The van der Waals surface area contributed by atoms with Gasteiger partial charge in [-0.3, -0.25) is 4.57 Å². The number of aromatic nitrogens is 4. The molecule has 0 bridgehead atoms. The van der Waals surface area contributed by atoms with Crippen LogP contribution in [0, 0.1) is 0 Å². The molecule has 3 heterocycles. The molecule has 31 heavy (non-hydrogen) atoms. The summed E-state index contributed by atoms with van der Waals surface area (Å²) in [5, 5.41) is 41.6. The summed E-state index contributed by atoms with van der Waals surface area (Å²) in [6, 6.07) is 6.55. The molecule has 1 aliphatic heterocycles. The molecule has 1 aromatic carbocycles. The third kappa shape index (κ3) is 4.01. The highest BCUT2D eigenvalue weighted by atomic mass is 16.6. The second-order valence-electron chi connectivity index (χ2n) is 7.16. The Morgan fingerprint density at radius 1 is 1.19 bits per heavy atom. The fraction of sp³-hybridized carbons (Fsp3) is 0.368. The van der Waals surface area contributed by atoms with Gasteiger partial charge in [0, 0.05) is 6.54 Å². The van der Waals surface area contributed by atoms with Gasteiger partial charge < -0.3 is 36.2 Å². The van der Waals surface area contributed by atoms with Crippen molar-refractivity contribution in [2.45, 2.75) is 31.0 Å². The number of rotatable bonds is 7. The quantitative estimate of drug-likeness (QED) is 0.280. The summed E-state index contributed by atoms with van der Waals surface area (Å²) in [4.78, 5) is 23.7. The van der Waals surface area contributed by atoms with Crippen LogP contribution in [0.1, 0.15) is 22.1 Å². The first-order valence-electron chi connectivity index (χ1n) is 9.57. The summed E-state index contributed by atoms with van der Waals surface area (Å²) < 4.78 is 6.98. The highest BCUT2D eigenvalue weighted by molar-refractivity contribution is 5.87. The smallest absolute Gasteiger partial charge is 0.335 e. The standard InChI is InChI=1S/C19H22N6O6/c20-15-12-16(25(8-22-12)17-14(28)13(27)11(7-26)31-17)24-19(23-15)21-6-5-9-1-3-10(4-2-9)18(29)30/h1-4,8,11,13-14,17,26-28H,5-7H2,(H,29,30)(H3,20,21,23,24)/t11-,13-,14-,17-/m1/s1. The molecule has 0 radical (unpaired) electrons. The molecule has 4 rings (SSSR count). The Kier molecular flexibility index (Phi) is 5.69. The van der Waals surface area contributed by atoms with Crippen LogP contribution in [-0.4, -0.2) is 77.4 Å². The zero-order valence-electron chi connectivity index (χ0n) is 16.3. The molecule has 1 saturated heterocycles. The van der Waals surface area contributed by atoms with Crippen LogP contribution in [0.3, 0.4) is 0 Å². The Bertz CT molecular complexity index is 1090. The van der Waals surface area contributed by atoms with Gasteiger partial charge in [-0.15, -0.1) is 0 Å². The maximum absolute atomic E-state index is 10.9. The number of anilines is 2. The van der Waals surface area contributed by atoms with Crippen LogP contribution >= 0.6 is 0 Å². The average molecular weight is 430 g/mol. The van der Waals surface area contributed by atoms with Crippen molar-refractivity contribution in [2.75, 3.05) is 24.2 Å². The Hall–Kier alpha value is -3.32. The van der Waals surface area contributed by atoms with Crippen molar-refractivity contribution >= 4 is 28.9 Å². The molecule has 0 spiro atoms. The van der Waals surface area contributed by atoms with Crippen LogP contribution in [0.25, 0.3) is 11.2 Å². The fourth-order valence-corrected chi connectivity index (χ4v) is 3.45. The molecule has 1 fully saturated rings. The van der Waals surface area contributed by atoms with Crippen LogP contribution < -0.4 is 11.1 Å². The lowest BCUT2D eigenvalue weighted by molar-refractivity contribution is -0.0511. The molecule has 4 atom stereocenters. The SMILES string of the molecule is Nc1nc(NCCc2ccc(C(=O)O)cc2)nc2c1ncn2[C@@H]1O[C@H](CO)[C@@H](O)[C@H]1O. The summed E-state index contributed by atoms with van der Waals surface area (Å²) in [6.07, 6.45) is -2.49. The number of carboxylic acid groups (broad SMARTS) is 1. The number of nitrogens with two attached hydrogens (primary N) is 1. The number of aliphatic hydroxyl groups excluding tert-OH is 3. The molecule has 12 nitrogen and oxygen atoms in total. The third-order valence-corrected chi connectivity index (χ3v) is 5.14. The Morgan fingerprint density at radius 3 is 2.58 bits per heavy atom. The van der Waals surface area contributed by atoms with Gasteiger partial charge in [-0.1, -0.05) is 12.1 Å². The zero-order chi connectivity index (χ0) is 22.1. The van der Waals surface area contributed by atoms with Gasteiger partial charge in [0.25, 0.3) is 0 Å². The summed E-state index contributed by atoms with van der Waals surface area (Å²) in [5.41, 5.74) is 7.76. The number of imidazole rings is 1. The topological polar surface area (TPSA) is 189 Å². The van der Waals surface area contributed by atoms with Crippen molar-refractivity contribution in [1.29, 1.82) is 0 Å². The van der Waals surface area contributed by atoms with E-state index < -0.39 is 37.1 Å². The molecule has 3 aromatic rings. The molecule has 12 heteroatoms. The maximum Gasteiger partial charge on any atom is 0.335 e. The number of nitrogen functional groups attached to an aromatic ring is 1. The number of carboxylic acids is 1. The van der Waals surface area contributed by atoms with Crippen molar-refractivity contribution < 1.29 is 30.0 Å². The van der Waals surface area contributed by atoms with Gasteiger partial charge in [0.1, 0.15) is 23.8 Å². The van der Waals surface area contributed by atoms with Crippen molar-refractivity contribution in [3.05, 3.63) is 41.7 Å². The summed E-state index contributed by atoms with van der Waals surface area (Å²) in [7, 11) is 0. The lowest BCUT2D eigenvalue weighted by Gasteiger charge is -2.16. The number of nitrogens with zero attached hydrogens (tertiary/aromatic N) is 4. The van der Waals surface area contributed by atoms with Gasteiger partial charge in [-0.2, -0.15) is 9.97 Å². The first-order chi connectivity index (χ1) is 14.9. The number of aromatic carboxylic acids is 1. The summed E-state index contributed by atoms with van der Waals surface area (Å²) in [5.74, 6) is -0.614. The van der Waals surface area contributed by atoms with E-state index in [0.717, 1.165) is 5.56 Å². The first-order valence-corrected chi connectivity index (χ1v) is 9.57. The summed E-state index contributed by atoms with van der Waals surface area (Å²) in [6.45, 7) is 0.0120. The van der Waals surface area contributed by atoms with E-state index in [1.807, 2.05) is 0 Å². The predicted octanol–water partition coefficient (Wildman–Crippen LogP) is -0.627.